The summed E-state index contributed by atoms with van der Waals surface area (Å²) in [6, 6.07) is 18.4. The highest BCUT2D eigenvalue weighted by Gasteiger charge is 2.08. The van der Waals surface area contributed by atoms with Crippen molar-refractivity contribution in [1.29, 1.82) is 0 Å². The number of carbonyl (C=O) groups excluding carboxylic acids is 1. The topological polar surface area (TPSA) is 41.1 Å². The van der Waals surface area contributed by atoms with Crippen LogP contribution in [0.4, 0.5) is 0 Å². The maximum atomic E-state index is 11.7. The highest BCUT2D eigenvalue weighted by atomic mass is 16.1. The summed E-state index contributed by atoms with van der Waals surface area (Å²) in [6.45, 7) is 6.87. The van der Waals surface area contributed by atoms with Gasteiger partial charge in [0, 0.05) is 12.5 Å². The molecule has 2 aromatic carbocycles. The van der Waals surface area contributed by atoms with E-state index in [0.29, 0.717) is 6.54 Å². The van der Waals surface area contributed by atoms with Crippen LogP contribution in [-0.4, -0.2) is 19.0 Å². The van der Waals surface area contributed by atoms with Gasteiger partial charge in [0.2, 0.25) is 5.91 Å². The zero-order valence-corrected chi connectivity index (χ0v) is 14.7. The molecular weight excluding hydrogens is 296 g/mol. The van der Waals surface area contributed by atoms with Crippen molar-refractivity contribution >= 4 is 5.91 Å². The van der Waals surface area contributed by atoms with E-state index < -0.39 is 0 Å². The van der Waals surface area contributed by atoms with Crippen LogP contribution in [0.25, 0.3) is 11.1 Å². The van der Waals surface area contributed by atoms with E-state index in [1.165, 1.54) is 37.1 Å². The summed E-state index contributed by atoms with van der Waals surface area (Å²) in [5.74, 6) is 0.103. The van der Waals surface area contributed by atoms with Crippen LogP contribution in [0.1, 0.15) is 32.3 Å². The SMILES string of the molecule is C1CCNC1.CC(C)C(=O)NCc1ccccc1-c1ccccc1. The zero-order chi connectivity index (χ0) is 17.2. The van der Waals surface area contributed by atoms with E-state index >= 15 is 0 Å². The largest absolute Gasteiger partial charge is 0.352 e. The van der Waals surface area contributed by atoms with Crippen molar-refractivity contribution in [3.63, 3.8) is 0 Å². The first-order valence-electron chi connectivity index (χ1n) is 8.80. The highest BCUT2D eigenvalue weighted by molar-refractivity contribution is 5.78. The molecule has 1 fully saturated rings. The van der Waals surface area contributed by atoms with Crippen molar-refractivity contribution in [2.45, 2.75) is 33.2 Å². The summed E-state index contributed by atoms with van der Waals surface area (Å²) in [4.78, 5) is 11.7. The molecule has 2 N–H and O–H groups in total. The minimum absolute atomic E-state index is 0.0175. The van der Waals surface area contributed by atoms with Crippen molar-refractivity contribution in [1.82, 2.24) is 10.6 Å². The minimum Gasteiger partial charge on any atom is -0.352 e. The zero-order valence-electron chi connectivity index (χ0n) is 14.7. The van der Waals surface area contributed by atoms with E-state index in [2.05, 4.69) is 34.9 Å². The molecule has 1 saturated heterocycles. The smallest absolute Gasteiger partial charge is 0.222 e. The van der Waals surface area contributed by atoms with Gasteiger partial charge in [-0.1, -0.05) is 68.4 Å². The Morgan fingerprint density at radius 1 is 1.00 bits per heavy atom. The fourth-order valence-corrected chi connectivity index (χ4v) is 2.59. The normalized spacial score (nSPS) is 13.3. The van der Waals surface area contributed by atoms with Gasteiger partial charge in [-0.3, -0.25) is 4.79 Å². The molecule has 1 aliphatic rings. The van der Waals surface area contributed by atoms with Crippen LogP contribution in [0.15, 0.2) is 54.6 Å². The van der Waals surface area contributed by atoms with E-state index in [1.54, 1.807) is 0 Å². The Balaban J connectivity index is 0.000000355. The van der Waals surface area contributed by atoms with E-state index in [9.17, 15) is 4.79 Å². The Morgan fingerprint density at radius 2 is 1.62 bits per heavy atom. The highest BCUT2D eigenvalue weighted by Crippen LogP contribution is 2.23. The number of rotatable bonds is 4. The third kappa shape index (κ3) is 5.82. The number of amides is 1. The molecular formula is C21H28N2O. The van der Waals surface area contributed by atoms with Gasteiger partial charge >= 0.3 is 0 Å². The van der Waals surface area contributed by atoms with Crippen molar-refractivity contribution < 1.29 is 4.79 Å². The predicted molar refractivity (Wildman–Crippen MR) is 101 cm³/mol. The fourth-order valence-electron chi connectivity index (χ4n) is 2.59. The summed E-state index contributed by atoms with van der Waals surface area (Å²) < 4.78 is 0. The maximum absolute atomic E-state index is 11.7. The van der Waals surface area contributed by atoms with Gasteiger partial charge in [-0.15, -0.1) is 0 Å². The van der Waals surface area contributed by atoms with Gasteiger partial charge in [-0.25, -0.2) is 0 Å². The van der Waals surface area contributed by atoms with E-state index in [4.69, 9.17) is 0 Å². The summed E-state index contributed by atoms with van der Waals surface area (Å²) in [5, 5.41) is 6.19. The minimum atomic E-state index is 0.0175. The molecule has 24 heavy (non-hydrogen) atoms. The van der Waals surface area contributed by atoms with Crippen LogP contribution in [0.2, 0.25) is 0 Å². The average molecular weight is 324 g/mol. The molecule has 1 aliphatic heterocycles. The Bertz CT molecular complexity index is 611. The van der Waals surface area contributed by atoms with E-state index in [-0.39, 0.29) is 11.8 Å². The van der Waals surface area contributed by atoms with Crippen molar-refractivity contribution in [3.05, 3.63) is 60.2 Å². The quantitative estimate of drug-likeness (QED) is 0.892. The second kappa shape index (κ2) is 9.89. The van der Waals surface area contributed by atoms with Crippen molar-refractivity contribution in [3.8, 4) is 11.1 Å². The lowest BCUT2D eigenvalue weighted by Crippen LogP contribution is -2.27. The Morgan fingerprint density at radius 3 is 2.21 bits per heavy atom. The molecule has 1 heterocycles. The Labute approximate surface area is 145 Å². The summed E-state index contributed by atoms with van der Waals surface area (Å²) >= 11 is 0. The molecule has 0 aliphatic carbocycles. The van der Waals surface area contributed by atoms with Crippen LogP contribution in [0, 0.1) is 5.92 Å². The second-order valence-corrected chi connectivity index (χ2v) is 6.35. The van der Waals surface area contributed by atoms with Gasteiger partial charge in [-0.05, 0) is 42.6 Å². The monoisotopic (exact) mass is 324 g/mol. The molecule has 0 radical (unpaired) electrons. The molecule has 0 unspecified atom stereocenters. The first-order chi connectivity index (χ1) is 11.7. The Hall–Kier alpha value is -2.13. The van der Waals surface area contributed by atoms with Gasteiger partial charge in [0.05, 0.1) is 0 Å². The molecule has 0 atom stereocenters. The maximum Gasteiger partial charge on any atom is 0.222 e. The lowest BCUT2D eigenvalue weighted by Gasteiger charge is -2.12. The number of hydrogen-bond acceptors (Lipinski definition) is 2. The van der Waals surface area contributed by atoms with Gasteiger partial charge in [0.1, 0.15) is 0 Å². The van der Waals surface area contributed by atoms with Crippen molar-refractivity contribution in [2.75, 3.05) is 13.1 Å². The lowest BCUT2D eigenvalue weighted by molar-refractivity contribution is -0.124. The van der Waals surface area contributed by atoms with E-state index in [1.807, 2.05) is 44.2 Å². The van der Waals surface area contributed by atoms with Crippen LogP contribution < -0.4 is 10.6 Å². The van der Waals surface area contributed by atoms with Crippen LogP contribution in [0.5, 0.6) is 0 Å². The van der Waals surface area contributed by atoms with Gasteiger partial charge < -0.3 is 10.6 Å². The third-order valence-corrected chi connectivity index (χ3v) is 4.04. The van der Waals surface area contributed by atoms with Crippen LogP contribution in [-0.2, 0) is 11.3 Å². The Kier molecular flexibility index (Phi) is 7.50. The molecule has 3 heteroatoms. The second-order valence-electron chi connectivity index (χ2n) is 6.35. The summed E-state index contributed by atoms with van der Waals surface area (Å²) in [6.07, 6.45) is 2.78. The predicted octanol–water partition coefficient (Wildman–Crippen LogP) is 4.00. The van der Waals surface area contributed by atoms with Gasteiger partial charge in [0.25, 0.3) is 0 Å². The number of nitrogens with one attached hydrogen (secondary N) is 2. The summed E-state index contributed by atoms with van der Waals surface area (Å²) in [5.41, 5.74) is 3.49. The first-order valence-corrected chi connectivity index (χ1v) is 8.80. The molecule has 0 spiro atoms. The number of benzene rings is 2. The average Bonchev–Trinajstić information content (AvgIpc) is 3.20. The molecule has 3 nitrogen and oxygen atoms in total. The van der Waals surface area contributed by atoms with Crippen molar-refractivity contribution in [2.24, 2.45) is 5.92 Å². The molecule has 0 aromatic heterocycles. The third-order valence-electron chi connectivity index (χ3n) is 4.04. The molecule has 2 aromatic rings. The standard InChI is InChI=1S/C17H19NO.C4H9N/c1-13(2)17(19)18-12-15-10-6-7-11-16(15)14-8-4-3-5-9-14;1-2-4-5-3-1/h3-11,13H,12H2,1-2H3,(H,18,19);5H,1-4H2. The number of carbonyl (C=O) groups is 1. The molecule has 1 amide bonds. The molecule has 0 bridgehead atoms. The fraction of sp³-hybridized carbons (Fsp3) is 0.381. The molecule has 0 saturated carbocycles. The van der Waals surface area contributed by atoms with Crippen LogP contribution >= 0.6 is 0 Å². The molecule has 3 rings (SSSR count). The number of hydrogen-bond donors (Lipinski definition) is 2. The lowest BCUT2D eigenvalue weighted by atomic mass is 9.99. The van der Waals surface area contributed by atoms with E-state index in [0.717, 1.165) is 5.56 Å². The van der Waals surface area contributed by atoms with Gasteiger partial charge in [0.15, 0.2) is 0 Å². The van der Waals surface area contributed by atoms with Gasteiger partial charge in [-0.2, -0.15) is 0 Å². The first kappa shape index (κ1) is 18.2. The summed E-state index contributed by atoms with van der Waals surface area (Å²) in [7, 11) is 0. The molecule has 128 valence electrons. The van der Waals surface area contributed by atoms with Crippen LogP contribution in [0.3, 0.4) is 0 Å².